The highest BCUT2D eigenvalue weighted by Crippen LogP contribution is 2.19. The van der Waals surface area contributed by atoms with Crippen molar-refractivity contribution in [3.05, 3.63) is 83.8 Å². The molecule has 0 saturated heterocycles. The highest BCUT2D eigenvalue weighted by Gasteiger charge is 2.19. The molecule has 1 aromatic heterocycles. The second-order valence-electron chi connectivity index (χ2n) is 7.30. The number of benzene rings is 2. The van der Waals surface area contributed by atoms with E-state index in [2.05, 4.69) is 51.4 Å². The topological polar surface area (TPSA) is 58.1 Å². The van der Waals surface area contributed by atoms with Crippen molar-refractivity contribution in [2.45, 2.75) is 25.9 Å². The number of fused-ring (bicyclic) bond motifs is 1. The smallest absolute Gasteiger partial charge is 0.251 e. The number of carbonyl (C=O) groups excluding carboxylic acids is 1. The zero-order chi connectivity index (χ0) is 19.3. The average molecular weight is 372 g/mol. The third kappa shape index (κ3) is 4.26. The van der Waals surface area contributed by atoms with E-state index in [1.807, 2.05) is 24.3 Å². The minimum absolute atomic E-state index is 0.0596. The van der Waals surface area contributed by atoms with Gasteiger partial charge < -0.3 is 5.32 Å². The van der Waals surface area contributed by atoms with E-state index in [1.165, 1.54) is 11.1 Å². The largest absolute Gasteiger partial charge is 0.348 e. The number of aromatic nitrogens is 2. The lowest BCUT2D eigenvalue weighted by Crippen LogP contribution is -2.43. The van der Waals surface area contributed by atoms with Crippen LogP contribution in [0.4, 0.5) is 0 Å². The normalized spacial score (nSPS) is 14.9. The van der Waals surface area contributed by atoms with Gasteiger partial charge in [-0.15, -0.1) is 0 Å². The van der Waals surface area contributed by atoms with Crippen molar-refractivity contribution in [3.63, 3.8) is 0 Å². The van der Waals surface area contributed by atoms with Crippen molar-refractivity contribution < 1.29 is 4.79 Å². The molecule has 2 aromatic carbocycles. The maximum Gasteiger partial charge on any atom is 0.251 e. The number of nitrogens with zero attached hydrogens (tertiary/aromatic N) is 3. The van der Waals surface area contributed by atoms with Gasteiger partial charge in [0, 0.05) is 49.2 Å². The fourth-order valence-corrected chi connectivity index (χ4v) is 3.72. The molecule has 0 bridgehead atoms. The Balaban J connectivity index is 1.37. The predicted molar refractivity (Wildman–Crippen MR) is 110 cm³/mol. The van der Waals surface area contributed by atoms with Gasteiger partial charge in [-0.05, 0) is 36.6 Å². The van der Waals surface area contributed by atoms with Crippen molar-refractivity contribution in [1.29, 1.82) is 0 Å². The van der Waals surface area contributed by atoms with Crippen LogP contribution in [0.15, 0.2) is 67.1 Å². The monoisotopic (exact) mass is 372 g/mol. The first kappa shape index (κ1) is 18.3. The van der Waals surface area contributed by atoms with Crippen LogP contribution >= 0.6 is 0 Å². The third-order valence-electron chi connectivity index (χ3n) is 5.10. The minimum Gasteiger partial charge on any atom is -0.348 e. The number of amides is 1. The second-order valence-corrected chi connectivity index (χ2v) is 7.30. The molecule has 1 N–H and O–H groups in total. The van der Waals surface area contributed by atoms with Gasteiger partial charge in [-0.1, -0.05) is 36.4 Å². The minimum atomic E-state index is -0.0596. The van der Waals surface area contributed by atoms with E-state index in [4.69, 9.17) is 0 Å². The van der Waals surface area contributed by atoms with E-state index in [1.54, 1.807) is 18.6 Å². The summed E-state index contributed by atoms with van der Waals surface area (Å²) in [5.74, 6) is -0.0596. The molecule has 4 rings (SSSR count). The van der Waals surface area contributed by atoms with E-state index in [-0.39, 0.29) is 11.9 Å². The molecule has 0 radical (unpaired) electrons. The summed E-state index contributed by atoms with van der Waals surface area (Å²) in [6.07, 6.45) is 6.06. The van der Waals surface area contributed by atoms with Gasteiger partial charge in [0.1, 0.15) is 0 Å². The number of rotatable bonds is 5. The number of carbonyl (C=O) groups is 1. The van der Waals surface area contributed by atoms with Crippen molar-refractivity contribution in [3.8, 4) is 11.3 Å². The van der Waals surface area contributed by atoms with Gasteiger partial charge in [0.15, 0.2) is 0 Å². The lowest BCUT2D eigenvalue weighted by molar-refractivity contribution is 0.0927. The fourth-order valence-electron chi connectivity index (χ4n) is 3.72. The molecule has 3 aromatic rings. The summed E-state index contributed by atoms with van der Waals surface area (Å²) in [5.41, 5.74) is 5.12. The number of nitrogens with one attached hydrogen (secondary N) is 1. The lowest BCUT2D eigenvalue weighted by Gasteiger charge is -2.31. The molecule has 1 aliphatic heterocycles. The molecular weight excluding hydrogens is 348 g/mol. The van der Waals surface area contributed by atoms with Gasteiger partial charge in [0.2, 0.25) is 0 Å². The molecule has 5 heteroatoms. The second kappa shape index (κ2) is 8.31. The molecule has 0 saturated carbocycles. The van der Waals surface area contributed by atoms with Gasteiger partial charge in [0.05, 0.1) is 11.9 Å². The van der Waals surface area contributed by atoms with Crippen LogP contribution in [0.25, 0.3) is 11.3 Å². The maximum absolute atomic E-state index is 12.7. The molecule has 1 unspecified atom stereocenters. The van der Waals surface area contributed by atoms with E-state index < -0.39 is 0 Å². The van der Waals surface area contributed by atoms with Crippen LogP contribution in [0.3, 0.4) is 0 Å². The summed E-state index contributed by atoms with van der Waals surface area (Å²) in [7, 11) is 0. The first-order chi connectivity index (χ1) is 13.7. The van der Waals surface area contributed by atoms with Crippen molar-refractivity contribution in [2.24, 2.45) is 0 Å². The Bertz CT molecular complexity index is 958. The molecular formula is C23H24N4O. The SMILES string of the molecule is CC(CN1CCc2ccccc2C1)NC(=O)c1cccc(-c2cnccn2)c1. The summed E-state index contributed by atoms with van der Waals surface area (Å²) in [4.78, 5) is 23.5. The highest BCUT2D eigenvalue weighted by atomic mass is 16.1. The van der Waals surface area contributed by atoms with Gasteiger partial charge in [0.25, 0.3) is 5.91 Å². The first-order valence-electron chi connectivity index (χ1n) is 9.65. The van der Waals surface area contributed by atoms with E-state index in [0.717, 1.165) is 37.3 Å². The zero-order valence-corrected chi connectivity index (χ0v) is 16.0. The van der Waals surface area contributed by atoms with Crippen LogP contribution in [-0.4, -0.2) is 39.9 Å². The van der Waals surface area contributed by atoms with Crippen LogP contribution in [0.2, 0.25) is 0 Å². The molecule has 28 heavy (non-hydrogen) atoms. The van der Waals surface area contributed by atoms with Crippen molar-refractivity contribution in [1.82, 2.24) is 20.2 Å². The maximum atomic E-state index is 12.7. The average Bonchev–Trinajstić information content (AvgIpc) is 2.74. The molecule has 0 spiro atoms. The Hall–Kier alpha value is -3.05. The third-order valence-corrected chi connectivity index (χ3v) is 5.10. The predicted octanol–water partition coefficient (Wildman–Crippen LogP) is 3.32. The standard InChI is InChI=1S/C23H24N4O/c1-17(15-27-12-9-18-5-2-3-6-21(18)16-27)26-23(28)20-8-4-7-19(13-20)22-14-24-10-11-25-22/h2-8,10-11,13-14,17H,9,12,15-16H2,1H3,(H,26,28). The van der Waals surface area contributed by atoms with Crippen molar-refractivity contribution in [2.75, 3.05) is 13.1 Å². The molecule has 142 valence electrons. The van der Waals surface area contributed by atoms with Crippen LogP contribution < -0.4 is 5.32 Å². The summed E-state index contributed by atoms with van der Waals surface area (Å²) >= 11 is 0. The summed E-state index contributed by atoms with van der Waals surface area (Å²) in [6, 6.07) is 16.2. The van der Waals surface area contributed by atoms with E-state index in [0.29, 0.717) is 5.56 Å². The zero-order valence-electron chi connectivity index (χ0n) is 16.0. The Morgan fingerprint density at radius 2 is 2.00 bits per heavy atom. The van der Waals surface area contributed by atoms with Crippen LogP contribution in [-0.2, 0) is 13.0 Å². The fraction of sp³-hybridized carbons (Fsp3) is 0.261. The van der Waals surface area contributed by atoms with E-state index in [9.17, 15) is 4.79 Å². The molecule has 0 fully saturated rings. The highest BCUT2D eigenvalue weighted by molar-refractivity contribution is 5.95. The van der Waals surface area contributed by atoms with Gasteiger partial charge in [-0.2, -0.15) is 0 Å². The Labute approximate surface area is 165 Å². The van der Waals surface area contributed by atoms with Crippen LogP contribution in [0.1, 0.15) is 28.4 Å². The number of hydrogen-bond donors (Lipinski definition) is 1. The molecule has 0 aliphatic carbocycles. The summed E-state index contributed by atoms with van der Waals surface area (Å²) < 4.78 is 0. The number of hydrogen-bond acceptors (Lipinski definition) is 4. The molecule has 1 aliphatic rings. The first-order valence-corrected chi connectivity index (χ1v) is 9.65. The Morgan fingerprint density at radius 3 is 2.82 bits per heavy atom. The quantitative estimate of drug-likeness (QED) is 0.746. The molecule has 1 amide bonds. The summed E-state index contributed by atoms with van der Waals surface area (Å²) in [6.45, 7) is 4.87. The Morgan fingerprint density at radius 1 is 1.14 bits per heavy atom. The van der Waals surface area contributed by atoms with E-state index >= 15 is 0 Å². The lowest BCUT2D eigenvalue weighted by atomic mass is 9.99. The molecule has 5 nitrogen and oxygen atoms in total. The Kier molecular flexibility index (Phi) is 5.44. The van der Waals surface area contributed by atoms with Gasteiger partial charge in [-0.3, -0.25) is 19.7 Å². The van der Waals surface area contributed by atoms with Gasteiger partial charge in [-0.25, -0.2) is 0 Å². The van der Waals surface area contributed by atoms with Gasteiger partial charge >= 0.3 is 0 Å². The van der Waals surface area contributed by atoms with Crippen molar-refractivity contribution >= 4 is 5.91 Å². The summed E-state index contributed by atoms with van der Waals surface area (Å²) in [5, 5.41) is 3.13. The van der Waals surface area contributed by atoms with Crippen LogP contribution in [0.5, 0.6) is 0 Å². The van der Waals surface area contributed by atoms with Crippen LogP contribution in [0, 0.1) is 0 Å². The molecule has 1 atom stereocenters. The molecule has 2 heterocycles.